The number of hydrogen-bond acceptors (Lipinski definition) is 6. The quantitative estimate of drug-likeness (QED) is 0.668. The SMILES string of the molecule is COc1ccc(N2P(N(C)C)N(c3ccc(OC)cc3)P2N(C)C)cc1. The molecule has 0 spiro atoms. The molecule has 0 atom stereocenters. The van der Waals surface area contributed by atoms with Gasteiger partial charge >= 0.3 is 0 Å². The summed E-state index contributed by atoms with van der Waals surface area (Å²) in [7, 11) is 10.7. The van der Waals surface area contributed by atoms with Crippen LogP contribution in [0.25, 0.3) is 0 Å². The molecule has 0 bridgehead atoms. The summed E-state index contributed by atoms with van der Waals surface area (Å²) in [4.78, 5) is 0. The topological polar surface area (TPSA) is 31.4 Å². The second-order valence-electron chi connectivity index (χ2n) is 6.21. The molecule has 1 heterocycles. The van der Waals surface area contributed by atoms with Crippen LogP contribution in [0.1, 0.15) is 0 Å². The summed E-state index contributed by atoms with van der Waals surface area (Å²) in [6.07, 6.45) is 0. The summed E-state index contributed by atoms with van der Waals surface area (Å²) < 4.78 is 20.3. The molecule has 0 aromatic heterocycles. The van der Waals surface area contributed by atoms with Gasteiger partial charge < -0.3 is 9.47 Å². The fourth-order valence-corrected chi connectivity index (χ4v) is 9.34. The zero-order valence-corrected chi connectivity index (χ0v) is 17.9. The lowest BCUT2D eigenvalue weighted by molar-refractivity contribution is 0.415. The van der Waals surface area contributed by atoms with Crippen LogP contribution in [-0.2, 0) is 0 Å². The van der Waals surface area contributed by atoms with Gasteiger partial charge in [0.05, 0.1) is 14.2 Å². The van der Waals surface area contributed by atoms with Gasteiger partial charge in [-0.2, -0.15) is 0 Å². The van der Waals surface area contributed by atoms with Crippen LogP contribution in [0.15, 0.2) is 48.5 Å². The first-order chi connectivity index (χ1) is 12.5. The van der Waals surface area contributed by atoms with Crippen molar-refractivity contribution in [3.05, 3.63) is 48.5 Å². The van der Waals surface area contributed by atoms with Crippen molar-refractivity contribution in [2.75, 3.05) is 51.3 Å². The van der Waals surface area contributed by atoms with E-state index in [-0.39, 0.29) is 0 Å². The molecular formula is C18H26N4O2P2. The molecule has 3 rings (SSSR count). The summed E-state index contributed by atoms with van der Waals surface area (Å²) in [5, 5.41) is 0. The smallest absolute Gasteiger partial charge is 0.189 e. The van der Waals surface area contributed by atoms with Gasteiger partial charge in [0.1, 0.15) is 11.5 Å². The van der Waals surface area contributed by atoms with Crippen LogP contribution in [-0.4, -0.2) is 51.8 Å². The molecule has 1 saturated heterocycles. The Hall–Kier alpha value is -1.58. The second-order valence-corrected chi connectivity index (χ2v) is 11.1. The third-order valence-corrected chi connectivity index (χ3v) is 9.63. The zero-order valence-electron chi connectivity index (χ0n) is 16.1. The minimum atomic E-state index is -0.630. The van der Waals surface area contributed by atoms with E-state index in [4.69, 9.17) is 9.47 Å². The Kier molecular flexibility index (Phi) is 5.89. The minimum Gasteiger partial charge on any atom is -0.497 e. The van der Waals surface area contributed by atoms with Crippen molar-refractivity contribution in [2.45, 2.75) is 0 Å². The molecular weight excluding hydrogens is 366 g/mol. The third kappa shape index (κ3) is 3.47. The van der Waals surface area contributed by atoms with Crippen LogP contribution in [0.3, 0.4) is 0 Å². The molecule has 8 heteroatoms. The highest BCUT2D eigenvalue weighted by atomic mass is 31.3. The van der Waals surface area contributed by atoms with Crippen molar-refractivity contribution in [2.24, 2.45) is 0 Å². The van der Waals surface area contributed by atoms with Gasteiger partial charge in [0, 0.05) is 11.4 Å². The zero-order chi connectivity index (χ0) is 18.8. The fraction of sp³-hybridized carbons (Fsp3) is 0.333. The predicted octanol–water partition coefficient (Wildman–Crippen LogP) is 4.61. The summed E-state index contributed by atoms with van der Waals surface area (Å²) in [5.41, 5.74) is 2.44. The highest BCUT2D eigenvalue weighted by molar-refractivity contribution is 7.93. The van der Waals surface area contributed by atoms with Crippen molar-refractivity contribution in [3.63, 3.8) is 0 Å². The lowest BCUT2D eigenvalue weighted by atomic mass is 10.3. The molecule has 26 heavy (non-hydrogen) atoms. The summed E-state index contributed by atoms with van der Waals surface area (Å²) in [5.74, 6) is 1.76. The van der Waals surface area contributed by atoms with Gasteiger partial charge in [-0.05, 0) is 76.7 Å². The molecule has 0 amide bonds. The molecule has 0 saturated carbocycles. The van der Waals surface area contributed by atoms with E-state index in [0.29, 0.717) is 0 Å². The summed E-state index contributed by atoms with van der Waals surface area (Å²) in [6, 6.07) is 16.7. The number of hydrogen-bond donors (Lipinski definition) is 0. The minimum absolute atomic E-state index is 0.630. The van der Waals surface area contributed by atoms with E-state index < -0.39 is 16.7 Å². The number of nitrogens with zero attached hydrogens (tertiary/aromatic N) is 4. The first kappa shape index (κ1) is 19.2. The van der Waals surface area contributed by atoms with Crippen molar-refractivity contribution in [1.29, 1.82) is 0 Å². The van der Waals surface area contributed by atoms with Gasteiger partial charge in [0.25, 0.3) is 0 Å². The number of ether oxygens (including phenoxy) is 2. The van der Waals surface area contributed by atoms with Crippen LogP contribution >= 0.6 is 16.7 Å². The third-order valence-electron chi connectivity index (χ3n) is 4.00. The van der Waals surface area contributed by atoms with E-state index in [1.807, 2.05) is 24.3 Å². The van der Waals surface area contributed by atoms with E-state index in [0.717, 1.165) is 11.5 Å². The van der Waals surface area contributed by atoms with Crippen molar-refractivity contribution in [3.8, 4) is 11.5 Å². The number of benzene rings is 2. The van der Waals surface area contributed by atoms with Gasteiger partial charge in [0.15, 0.2) is 16.7 Å². The molecule has 2 aromatic carbocycles. The van der Waals surface area contributed by atoms with Crippen LogP contribution in [0.2, 0.25) is 0 Å². The number of anilines is 2. The molecule has 0 aliphatic carbocycles. The average Bonchev–Trinajstić information content (AvgIpc) is 2.61. The first-order valence-electron chi connectivity index (χ1n) is 8.30. The molecule has 2 aromatic rings. The summed E-state index contributed by atoms with van der Waals surface area (Å²) in [6.45, 7) is 0. The standard InChI is InChI=1S/C18H26N4O2P2/c1-19(2)25-21(15-7-11-17(23-5)12-8-15)26(20(3)4)22(25)16-9-13-18(24-6)14-10-16/h7-14H,1-6H3. The molecule has 1 fully saturated rings. The maximum atomic E-state index is 5.31. The molecule has 1 aliphatic heterocycles. The Morgan fingerprint density at radius 3 is 1.15 bits per heavy atom. The van der Waals surface area contributed by atoms with Crippen LogP contribution in [0, 0.1) is 0 Å². The van der Waals surface area contributed by atoms with E-state index >= 15 is 0 Å². The van der Waals surface area contributed by atoms with Gasteiger partial charge in [-0.3, -0.25) is 18.2 Å². The molecule has 0 unspecified atom stereocenters. The Bertz CT molecular complexity index is 653. The highest BCUT2D eigenvalue weighted by Crippen LogP contribution is 2.79. The van der Waals surface area contributed by atoms with E-state index in [1.165, 1.54) is 11.4 Å². The van der Waals surface area contributed by atoms with E-state index in [1.54, 1.807) is 14.2 Å². The lowest BCUT2D eigenvalue weighted by Gasteiger charge is -2.60. The Balaban J connectivity index is 1.96. The monoisotopic (exact) mass is 392 g/mol. The fourth-order valence-electron chi connectivity index (χ4n) is 2.79. The second kappa shape index (κ2) is 7.98. The molecule has 0 N–H and O–H groups in total. The Labute approximate surface area is 158 Å². The maximum Gasteiger partial charge on any atom is 0.189 e. The maximum absolute atomic E-state index is 5.31. The van der Waals surface area contributed by atoms with Gasteiger partial charge in [-0.1, -0.05) is 0 Å². The van der Waals surface area contributed by atoms with Gasteiger partial charge in [0.2, 0.25) is 0 Å². The van der Waals surface area contributed by atoms with Crippen molar-refractivity contribution >= 4 is 28.1 Å². The van der Waals surface area contributed by atoms with Crippen molar-refractivity contribution in [1.82, 2.24) is 9.34 Å². The number of rotatable bonds is 6. The predicted molar refractivity (Wildman–Crippen MR) is 112 cm³/mol. The normalized spacial score (nSPS) is 19.7. The van der Waals surface area contributed by atoms with Crippen molar-refractivity contribution < 1.29 is 9.47 Å². The number of methoxy groups -OCH3 is 2. The molecule has 6 nitrogen and oxygen atoms in total. The van der Waals surface area contributed by atoms with Crippen LogP contribution in [0.4, 0.5) is 11.4 Å². The Morgan fingerprint density at radius 2 is 0.923 bits per heavy atom. The van der Waals surface area contributed by atoms with Gasteiger partial charge in [-0.15, -0.1) is 0 Å². The Morgan fingerprint density at radius 1 is 0.615 bits per heavy atom. The summed E-state index contributed by atoms with van der Waals surface area (Å²) >= 11 is 0. The van der Waals surface area contributed by atoms with E-state index in [2.05, 4.69) is 70.7 Å². The molecule has 0 radical (unpaired) electrons. The lowest BCUT2D eigenvalue weighted by Crippen LogP contribution is -2.46. The first-order valence-corrected chi connectivity index (χ1v) is 10.7. The highest BCUT2D eigenvalue weighted by Gasteiger charge is 2.51. The molecule has 140 valence electrons. The van der Waals surface area contributed by atoms with Gasteiger partial charge in [-0.25, -0.2) is 0 Å². The van der Waals surface area contributed by atoms with E-state index in [9.17, 15) is 0 Å². The average molecular weight is 392 g/mol. The largest absolute Gasteiger partial charge is 0.497 e. The molecule has 1 aliphatic rings. The van der Waals surface area contributed by atoms with Crippen LogP contribution in [0.5, 0.6) is 11.5 Å². The van der Waals surface area contributed by atoms with Crippen LogP contribution < -0.4 is 18.4 Å².